The summed E-state index contributed by atoms with van der Waals surface area (Å²) in [7, 11) is 2.10. The van der Waals surface area contributed by atoms with Gasteiger partial charge in [-0.2, -0.15) is 0 Å². The monoisotopic (exact) mass is 366 g/mol. The minimum atomic E-state index is -0.467. The molecule has 0 saturated carbocycles. The fraction of sp³-hybridized carbons (Fsp3) is 0.435. The third kappa shape index (κ3) is 5.03. The number of carbonyl (C=O) groups excluding carboxylic acids is 1. The van der Waals surface area contributed by atoms with Crippen molar-refractivity contribution in [3.63, 3.8) is 0 Å². The SMILES string of the molecule is CN(c1ccccc1)c1ccc2c(c1)CCC[C@H]2CNC(=O)OC(C)(C)C. The van der Waals surface area contributed by atoms with E-state index in [4.69, 9.17) is 4.74 Å². The van der Waals surface area contributed by atoms with Gasteiger partial charge in [-0.3, -0.25) is 0 Å². The third-order valence-corrected chi connectivity index (χ3v) is 4.99. The van der Waals surface area contributed by atoms with Crippen molar-refractivity contribution >= 4 is 17.5 Å². The Labute approximate surface area is 162 Å². The summed E-state index contributed by atoms with van der Waals surface area (Å²) in [6.07, 6.45) is 2.99. The highest BCUT2D eigenvalue weighted by Crippen LogP contribution is 2.35. The number of hydrogen-bond donors (Lipinski definition) is 1. The molecule has 3 rings (SSSR count). The van der Waals surface area contributed by atoms with Crippen molar-refractivity contribution < 1.29 is 9.53 Å². The van der Waals surface area contributed by atoms with Gasteiger partial charge in [0.05, 0.1) is 0 Å². The van der Waals surface area contributed by atoms with Crippen molar-refractivity contribution in [1.82, 2.24) is 5.32 Å². The topological polar surface area (TPSA) is 41.6 Å². The number of para-hydroxylation sites is 1. The number of alkyl carbamates (subject to hydrolysis) is 1. The van der Waals surface area contributed by atoms with Crippen LogP contribution < -0.4 is 10.2 Å². The van der Waals surface area contributed by atoms with E-state index in [1.54, 1.807) is 0 Å². The molecule has 0 aromatic heterocycles. The van der Waals surface area contributed by atoms with Crippen molar-refractivity contribution in [2.75, 3.05) is 18.5 Å². The largest absolute Gasteiger partial charge is 0.444 e. The summed E-state index contributed by atoms with van der Waals surface area (Å²) in [5.74, 6) is 0.345. The molecule has 0 bridgehead atoms. The van der Waals surface area contributed by atoms with Crippen LogP contribution in [0.3, 0.4) is 0 Å². The maximum Gasteiger partial charge on any atom is 0.407 e. The van der Waals surface area contributed by atoms with E-state index in [0.717, 1.165) is 19.3 Å². The van der Waals surface area contributed by atoms with Gasteiger partial charge in [0, 0.05) is 30.9 Å². The fourth-order valence-electron chi connectivity index (χ4n) is 3.64. The molecule has 1 amide bonds. The van der Waals surface area contributed by atoms with Crippen molar-refractivity contribution in [2.24, 2.45) is 0 Å². The number of ether oxygens (including phenoxy) is 1. The van der Waals surface area contributed by atoms with Crippen molar-refractivity contribution in [3.05, 3.63) is 59.7 Å². The van der Waals surface area contributed by atoms with Gasteiger partial charge < -0.3 is 15.0 Å². The molecule has 0 aliphatic heterocycles. The number of benzene rings is 2. The normalized spacial score (nSPS) is 16.4. The standard InChI is InChI=1S/C23H30N2O2/c1-23(2,3)27-22(26)24-16-18-10-8-9-17-15-20(13-14-21(17)18)25(4)19-11-6-5-7-12-19/h5-7,11-15,18H,8-10,16H2,1-4H3,(H,24,26)/t18-/m0/s1. The number of rotatable bonds is 4. The lowest BCUT2D eigenvalue weighted by Gasteiger charge is -2.28. The molecule has 2 aromatic carbocycles. The summed E-state index contributed by atoms with van der Waals surface area (Å²) in [6, 6.07) is 17.1. The number of nitrogens with one attached hydrogen (secondary N) is 1. The molecule has 0 radical (unpaired) electrons. The highest BCUT2D eigenvalue weighted by molar-refractivity contribution is 5.68. The average Bonchev–Trinajstić information content (AvgIpc) is 2.64. The van der Waals surface area contributed by atoms with E-state index in [2.05, 4.69) is 59.7 Å². The molecule has 27 heavy (non-hydrogen) atoms. The lowest BCUT2D eigenvalue weighted by atomic mass is 9.82. The van der Waals surface area contributed by atoms with Crippen LogP contribution in [0.1, 0.15) is 50.7 Å². The first-order chi connectivity index (χ1) is 12.8. The van der Waals surface area contributed by atoms with Crippen molar-refractivity contribution in [2.45, 2.75) is 51.6 Å². The quantitative estimate of drug-likeness (QED) is 0.788. The summed E-state index contributed by atoms with van der Waals surface area (Å²) >= 11 is 0. The Hall–Kier alpha value is -2.49. The number of hydrogen-bond acceptors (Lipinski definition) is 3. The van der Waals surface area contributed by atoms with E-state index >= 15 is 0 Å². The molecule has 2 aromatic rings. The minimum absolute atomic E-state index is 0.338. The molecule has 0 spiro atoms. The number of nitrogens with zero attached hydrogens (tertiary/aromatic N) is 1. The van der Waals surface area contributed by atoms with Crippen LogP contribution in [-0.2, 0) is 11.2 Å². The molecular formula is C23H30N2O2. The van der Waals surface area contributed by atoms with E-state index in [1.165, 1.54) is 22.5 Å². The van der Waals surface area contributed by atoms with Crippen LogP contribution in [0.5, 0.6) is 0 Å². The number of anilines is 2. The molecule has 1 N–H and O–H groups in total. The Morgan fingerprint density at radius 1 is 1.15 bits per heavy atom. The summed E-state index contributed by atoms with van der Waals surface area (Å²) in [6.45, 7) is 6.27. The van der Waals surface area contributed by atoms with Gasteiger partial charge in [0.1, 0.15) is 5.60 Å². The maximum absolute atomic E-state index is 12.0. The van der Waals surface area contributed by atoms with Gasteiger partial charge in [0.15, 0.2) is 0 Å². The van der Waals surface area contributed by atoms with Gasteiger partial charge in [-0.25, -0.2) is 4.79 Å². The zero-order valence-electron chi connectivity index (χ0n) is 16.8. The second-order valence-corrected chi connectivity index (χ2v) is 8.25. The molecule has 0 unspecified atom stereocenters. The number of carbonyl (C=O) groups is 1. The maximum atomic E-state index is 12.0. The zero-order valence-corrected chi connectivity index (χ0v) is 16.8. The first kappa shape index (κ1) is 19.3. The Balaban J connectivity index is 1.70. The van der Waals surface area contributed by atoms with Crippen molar-refractivity contribution in [3.8, 4) is 0 Å². The lowest BCUT2D eigenvalue weighted by Crippen LogP contribution is -2.35. The Kier molecular flexibility index (Phi) is 5.73. The van der Waals surface area contributed by atoms with E-state index in [1.807, 2.05) is 26.8 Å². The fourth-order valence-corrected chi connectivity index (χ4v) is 3.64. The van der Waals surface area contributed by atoms with Gasteiger partial charge in [0.2, 0.25) is 0 Å². The molecule has 144 valence electrons. The summed E-state index contributed by atoms with van der Waals surface area (Å²) in [5.41, 5.74) is 4.64. The molecule has 0 fully saturated rings. The van der Waals surface area contributed by atoms with Gasteiger partial charge in [-0.05, 0) is 75.4 Å². The second-order valence-electron chi connectivity index (χ2n) is 8.25. The predicted molar refractivity (Wildman–Crippen MR) is 111 cm³/mol. The first-order valence-corrected chi connectivity index (χ1v) is 9.72. The molecule has 1 atom stereocenters. The number of fused-ring (bicyclic) bond motifs is 1. The van der Waals surface area contributed by atoms with Crippen LogP contribution in [0.15, 0.2) is 48.5 Å². The molecule has 4 heteroatoms. The van der Waals surface area contributed by atoms with Crippen LogP contribution in [0.4, 0.5) is 16.2 Å². The predicted octanol–water partition coefficient (Wildman–Crippen LogP) is 5.40. The summed E-state index contributed by atoms with van der Waals surface area (Å²) < 4.78 is 5.36. The highest BCUT2D eigenvalue weighted by atomic mass is 16.6. The van der Waals surface area contributed by atoms with Crippen LogP contribution in [0.2, 0.25) is 0 Å². The van der Waals surface area contributed by atoms with Gasteiger partial charge >= 0.3 is 6.09 Å². The molecule has 1 aliphatic rings. The first-order valence-electron chi connectivity index (χ1n) is 9.72. The van der Waals surface area contributed by atoms with Gasteiger partial charge in [-0.15, -0.1) is 0 Å². The lowest BCUT2D eigenvalue weighted by molar-refractivity contribution is 0.0523. The number of aryl methyl sites for hydroxylation is 1. The molecule has 1 aliphatic carbocycles. The molecule has 0 heterocycles. The van der Waals surface area contributed by atoms with E-state index in [0.29, 0.717) is 12.5 Å². The summed E-state index contributed by atoms with van der Waals surface area (Å²) in [4.78, 5) is 14.2. The Morgan fingerprint density at radius 2 is 1.89 bits per heavy atom. The summed E-state index contributed by atoms with van der Waals surface area (Å²) in [5, 5.41) is 2.94. The number of amides is 1. The zero-order chi connectivity index (χ0) is 19.4. The van der Waals surface area contributed by atoms with Crippen LogP contribution in [-0.4, -0.2) is 25.3 Å². The smallest absolute Gasteiger partial charge is 0.407 e. The Bertz CT molecular complexity index is 781. The second kappa shape index (κ2) is 8.03. The Morgan fingerprint density at radius 3 is 2.59 bits per heavy atom. The third-order valence-electron chi connectivity index (χ3n) is 4.99. The van der Waals surface area contributed by atoms with Gasteiger partial charge in [0.25, 0.3) is 0 Å². The van der Waals surface area contributed by atoms with Crippen LogP contribution in [0.25, 0.3) is 0 Å². The van der Waals surface area contributed by atoms with E-state index < -0.39 is 5.60 Å². The molecule has 0 saturated heterocycles. The van der Waals surface area contributed by atoms with E-state index in [9.17, 15) is 4.79 Å². The van der Waals surface area contributed by atoms with Gasteiger partial charge in [-0.1, -0.05) is 24.3 Å². The molecule has 4 nitrogen and oxygen atoms in total. The minimum Gasteiger partial charge on any atom is -0.444 e. The van der Waals surface area contributed by atoms with Crippen LogP contribution >= 0.6 is 0 Å². The van der Waals surface area contributed by atoms with Crippen molar-refractivity contribution in [1.29, 1.82) is 0 Å². The van der Waals surface area contributed by atoms with E-state index in [-0.39, 0.29) is 6.09 Å². The van der Waals surface area contributed by atoms with Crippen LogP contribution in [0, 0.1) is 0 Å². The average molecular weight is 367 g/mol. The highest BCUT2D eigenvalue weighted by Gasteiger charge is 2.23. The molecular weight excluding hydrogens is 336 g/mol.